The Morgan fingerprint density at radius 1 is 1.00 bits per heavy atom. The zero-order valence-corrected chi connectivity index (χ0v) is 13.0. The maximum Gasteiger partial charge on any atom is 0.130 e. The fourth-order valence-electron chi connectivity index (χ4n) is 0.339. The molecule has 8 heteroatoms. The van der Waals surface area contributed by atoms with Crippen LogP contribution < -0.4 is 10.6 Å². The maximum absolute atomic E-state index is 4.65. The highest BCUT2D eigenvalue weighted by molar-refractivity contribution is 8.76. The maximum atomic E-state index is 4.65. The Labute approximate surface area is 115 Å². The predicted molar refractivity (Wildman–Crippen MR) is 86.2 cm³/mol. The topological polar surface area (TPSA) is 24.1 Å². The lowest BCUT2D eigenvalue weighted by molar-refractivity contribution is 0.834. The minimum Gasteiger partial charge on any atom is -0.369 e. The first kappa shape index (κ1) is 17.6. The summed E-state index contributed by atoms with van der Waals surface area (Å²) in [6, 6.07) is 0. The van der Waals surface area contributed by atoms with Crippen LogP contribution in [0, 0.1) is 0 Å². The van der Waals surface area contributed by atoms with Gasteiger partial charge in [-0.25, -0.2) is 0 Å². The van der Waals surface area contributed by atoms with Crippen molar-refractivity contribution >= 4 is 79.9 Å². The average molecular weight is 307 g/mol. The van der Waals surface area contributed by atoms with Crippen molar-refractivity contribution < 1.29 is 0 Å². The van der Waals surface area contributed by atoms with Gasteiger partial charge in [0.25, 0.3) is 0 Å². The van der Waals surface area contributed by atoms with Crippen molar-refractivity contribution in [2.75, 3.05) is 25.6 Å². The molecule has 0 aliphatic rings. The van der Waals surface area contributed by atoms with Crippen LogP contribution in [0.25, 0.3) is 0 Å². The molecule has 0 aromatic heterocycles. The fourth-order valence-corrected chi connectivity index (χ4v) is 0.767. The SMILES string of the molecule is CSSC.S=C(S)NCCNC(=S)S. The third kappa shape index (κ3) is 23.2. The number of thiol groups is 2. The van der Waals surface area contributed by atoms with Gasteiger partial charge in [0.1, 0.15) is 8.64 Å². The molecule has 2 nitrogen and oxygen atoms in total. The molecule has 0 saturated heterocycles. The summed E-state index contributed by atoms with van der Waals surface area (Å²) in [4.78, 5) is 0. The van der Waals surface area contributed by atoms with Crippen LogP contribution in [-0.2, 0) is 0 Å². The Hall–Kier alpha value is 1.18. The summed E-state index contributed by atoms with van der Waals surface area (Å²) < 4.78 is 0.985. The van der Waals surface area contributed by atoms with Crippen molar-refractivity contribution in [3.8, 4) is 0 Å². The molecule has 0 aliphatic heterocycles. The largest absolute Gasteiger partial charge is 0.369 e. The van der Waals surface area contributed by atoms with Crippen LogP contribution in [0.15, 0.2) is 0 Å². The lowest BCUT2D eigenvalue weighted by atomic mass is 10.6. The number of nitrogens with one attached hydrogen (secondary N) is 2. The normalized spacial score (nSPS) is 8.29. The van der Waals surface area contributed by atoms with Gasteiger partial charge in [0.15, 0.2) is 0 Å². The highest BCUT2D eigenvalue weighted by Crippen LogP contribution is 2.09. The van der Waals surface area contributed by atoms with Gasteiger partial charge in [-0.3, -0.25) is 0 Å². The molecule has 0 aliphatic carbocycles. The lowest BCUT2D eigenvalue weighted by Gasteiger charge is -2.03. The van der Waals surface area contributed by atoms with Crippen molar-refractivity contribution in [2.24, 2.45) is 0 Å². The van der Waals surface area contributed by atoms with Gasteiger partial charge < -0.3 is 10.6 Å². The summed E-state index contributed by atoms with van der Waals surface area (Å²) in [6.45, 7) is 1.42. The van der Waals surface area contributed by atoms with Crippen molar-refractivity contribution in [1.29, 1.82) is 0 Å². The molecule has 0 aromatic carbocycles. The zero-order valence-electron chi connectivity index (χ0n) is 7.94. The fraction of sp³-hybridized carbons (Fsp3) is 0.667. The van der Waals surface area contributed by atoms with E-state index in [0.29, 0.717) is 21.7 Å². The van der Waals surface area contributed by atoms with Crippen molar-refractivity contribution in [3.05, 3.63) is 0 Å². The van der Waals surface area contributed by atoms with E-state index in [1.807, 2.05) is 0 Å². The van der Waals surface area contributed by atoms with Gasteiger partial charge in [0.2, 0.25) is 0 Å². The molecule has 0 unspecified atom stereocenters. The van der Waals surface area contributed by atoms with Gasteiger partial charge in [-0.2, -0.15) is 0 Å². The van der Waals surface area contributed by atoms with E-state index in [9.17, 15) is 0 Å². The molecule has 14 heavy (non-hydrogen) atoms. The Morgan fingerprint density at radius 2 is 1.29 bits per heavy atom. The molecule has 0 bridgehead atoms. The molecular weight excluding hydrogens is 292 g/mol. The summed E-state index contributed by atoms with van der Waals surface area (Å²) in [5.41, 5.74) is 0. The van der Waals surface area contributed by atoms with E-state index in [1.54, 1.807) is 21.6 Å². The minimum atomic E-state index is 0.492. The van der Waals surface area contributed by atoms with E-state index in [2.05, 4.69) is 72.8 Å². The van der Waals surface area contributed by atoms with E-state index in [4.69, 9.17) is 0 Å². The number of rotatable bonds is 4. The van der Waals surface area contributed by atoms with Crippen LogP contribution in [0.3, 0.4) is 0 Å². The van der Waals surface area contributed by atoms with E-state index in [1.165, 1.54) is 0 Å². The smallest absolute Gasteiger partial charge is 0.130 e. The summed E-state index contributed by atoms with van der Waals surface area (Å²) >= 11 is 17.0. The summed E-state index contributed by atoms with van der Waals surface area (Å²) in [5.74, 6) is 0. The minimum absolute atomic E-state index is 0.492. The molecule has 84 valence electrons. The van der Waals surface area contributed by atoms with Crippen molar-refractivity contribution in [1.82, 2.24) is 10.6 Å². The van der Waals surface area contributed by atoms with Gasteiger partial charge in [-0.05, 0) is 12.5 Å². The number of thiocarbonyl (C=S) groups is 2. The third-order valence-electron chi connectivity index (χ3n) is 0.844. The highest BCUT2D eigenvalue weighted by Gasteiger charge is 1.87. The van der Waals surface area contributed by atoms with Gasteiger partial charge in [-0.15, -0.1) is 25.3 Å². The lowest BCUT2D eigenvalue weighted by Crippen LogP contribution is -2.29. The average Bonchev–Trinajstić information content (AvgIpc) is 2.12. The molecule has 0 aromatic rings. The second-order valence-corrected chi connectivity index (χ2v) is 6.78. The van der Waals surface area contributed by atoms with Crippen LogP contribution in [0.5, 0.6) is 0 Å². The van der Waals surface area contributed by atoms with Gasteiger partial charge in [-0.1, -0.05) is 46.0 Å². The van der Waals surface area contributed by atoms with Crippen molar-refractivity contribution in [3.63, 3.8) is 0 Å². The molecule has 0 heterocycles. The van der Waals surface area contributed by atoms with E-state index in [-0.39, 0.29) is 0 Å². The number of hydrogen-bond donors (Lipinski definition) is 4. The van der Waals surface area contributed by atoms with Crippen LogP contribution >= 0.6 is 71.3 Å². The Morgan fingerprint density at radius 3 is 1.43 bits per heavy atom. The molecule has 0 atom stereocenters. The Balaban J connectivity index is 0. The van der Waals surface area contributed by atoms with Crippen LogP contribution in [-0.4, -0.2) is 34.2 Å². The molecule has 0 fully saturated rings. The molecule has 0 saturated carbocycles. The molecule has 0 rings (SSSR count). The number of hydrogen-bond acceptors (Lipinski definition) is 4. The van der Waals surface area contributed by atoms with Crippen LogP contribution in [0.1, 0.15) is 0 Å². The highest BCUT2D eigenvalue weighted by atomic mass is 33.1. The van der Waals surface area contributed by atoms with Crippen molar-refractivity contribution in [2.45, 2.75) is 0 Å². The molecule has 0 radical (unpaired) electrons. The van der Waals surface area contributed by atoms with E-state index >= 15 is 0 Å². The molecule has 0 spiro atoms. The first-order chi connectivity index (χ1) is 6.54. The first-order valence-corrected chi connectivity index (χ1v) is 8.22. The molecule has 2 N–H and O–H groups in total. The van der Waals surface area contributed by atoms with Gasteiger partial charge >= 0.3 is 0 Å². The summed E-state index contributed by atoms with van der Waals surface area (Å²) in [7, 11) is 3.55. The standard InChI is InChI=1S/C4H8N2S4.C2H6S2/c7-3(8)5-1-2-6-4(9)10;1-3-4-2/h1-2H2,(H2,5,7,8)(H2,6,9,10);1-2H3. The van der Waals surface area contributed by atoms with Gasteiger partial charge in [0, 0.05) is 13.1 Å². The molecular formula is C6H14N2S6. The first-order valence-electron chi connectivity index (χ1n) is 3.55. The monoisotopic (exact) mass is 306 g/mol. The summed E-state index contributed by atoms with van der Waals surface area (Å²) in [5, 5.41) is 5.68. The zero-order chi connectivity index (χ0) is 11.4. The molecule has 0 amide bonds. The second-order valence-electron chi connectivity index (χ2n) is 1.80. The van der Waals surface area contributed by atoms with E-state index < -0.39 is 0 Å². The van der Waals surface area contributed by atoms with E-state index in [0.717, 1.165) is 0 Å². The van der Waals surface area contributed by atoms with Gasteiger partial charge in [0.05, 0.1) is 0 Å². The predicted octanol–water partition coefficient (Wildman–Crippen LogP) is 2.22. The summed E-state index contributed by atoms with van der Waals surface area (Å²) in [6.07, 6.45) is 4.12. The Kier molecular flexibility index (Phi) is 17.8. The third-order valence-corrected chi connectivity index (χ3v) is 2.78. The quantitative estimate of drug-likeness (QED) is 0.275. The van der Waals surface area contributed by atoms with Crippen LogP contribution in [0.2, 0.25) is 0 Å². The Bertz CT molecular complexity index is 144. The van der Waals surface area contributed by atoms with Crippen LogP contribution in [0.4, 0.5) is 0 Å². The second kappa shape index (κ2) is 14.2.